The summed E-state index contributed by atoms with van der Waals surface area (Å²) < 4.78 is 5.59. The van der Waals surface area contributed by atoms with Crippen molar-refractivity contribution in [1.29, 1.82) is 0 Å². The van der Waals surface area contributed by atoms with Gasteiger partial charge >= 0.3 is 0 Å². The lowest BCUT2D eigenvalue weighted by atomic mass is 9.75. The number of ether oxygens (including phenoxy) is 1. The van der Waals surface area contributed by atoms with Crippen LogP contribution in [0.1, 0.15) is 35.5 Å². The van der Waals surface area contributed by atoms with Crippen LogP contribution in [0.15, 0.2) is 42.5 Å². The van der Waals surface area contributed by atoms with Gasteiger partial charge in [-0.2, -0.15) is 0 Å². The SMILES string of the molecule is CC1(C)CC(=O)c2sc(N3CCOCC3)c(-c3cc(N)nc(-c4ccccc4)c3)c2C1. The molecule has 1 fully saturated rings. The van der Waals surface area contributed by atoms with Crippen molar-refractivity contribution in [3.05, 3.63) is 52.9 Å². The number of thiophene rings is 1. The summed E-state index contributed by atoms with van der Waals surface area (Å²) in [4.78, 5) is 20.9. The molecule has 0 saturated carbocycles. The molecule has 160 valence electrons. The van der Waals surface area contributed by atoms with E-state index in [4.69, 9.17) is 10.5 Å². The number of carbonyl (C=O) groups is 1. The van der Waals surface area contributed by atoms with Gasteiger partial charge in [-0.15, -0.1) is 11.3 Å². The van der Waals surface area contributed by atoms with E-state index < -0.39 is 0 Å². The van der Waals surface area contributed by atoms with Crippen molar-refractivity contribution in [3.63, 3.8) is 0 Å². The van der Waals surface area contributed by atoms with E-state index in [1.165, 1.54) is 0 Å². The molecule has 2 N–H and O–H groups in total. The molecular weight excluding hydrogens is 406 g/mol. The molecule has 0 radical (unpaired) electrons. The van der Waals surface area contributed by atoms with E-state index in [2.05, 4.69) is 29.8 Å². The largest absolute Gasteiger partial charge is 0.384 e. The third-order valence-corrected chi connectivity index (χ3v) is 7.37. The van der Waals surface area contributed by atoms with Crippen LogP contribution < -0.4 is 10.6 Å². The standard InChI is InChI=1S/C25H27N3O2S/c1-25(2)14-18-22(17-12-19(27-21(26)13-17)16-6-4-3-5-7-16)24(28-8-10-30-11-9-28)31-23(18)20(29)15-25/h3-7,12-13H,8-11,14-15H2,1-2H3,(H2,26,27). The molecule has 0 bridgehead atoms. The Morgan fingerprint density at radius 3 is 2.55 bits per heavy atom. The van der Waals surface area contributed by atoms with Gasteiger partial charge in [0.15, 0.2) is 5.78 Å². The molecule has 31 heavy (non-hydrogen) atoms. The van der Waals surface area contributed by atoms with E-state index in [-0.39, 0.29) is 11.2 Å². The second-order valence-electron chi connectivity index (χ2n) is 9.16. The molecule has 0 atom stereocenters. The Bertz CT molecular complexity index is 1130. The second-order valence-corrected chi connectivity index (χ2v) is 10.2. The fraction of sp³-hybridized carbons (Fsp3) is 0.360. The van der Waals surface area contributed by atoms with Gasteiger partial charge in [0, 0.05) is 30.6 Å². The lowest BCUT2D eigenvalue weighted by molar-refractivity contribution is 0.0918. The maximum atomic E-state index is 13.1. The first-order valence-corrected chi connectivity index (χ1v) is 11.6. The molecule has 0 amide bonds. The first kappa shape index (κ1) is 20.2. The number of hydrogen-bond acceptors (Lipinski definition) is 6. The third-order valence-electron chi connectivity index (χ3n) is 6.04. The van der Waals surface area contributed by atoms with Crippen LogP contribution in [0.5, 0.6) is 0 Å². The Hall–Kier alpha value is -2.70. The van der Waals surface area contributed by atoms with Crippen LogP contribution in [0, 0.1) is 5.41 Å². The lowest BCUT2D eigenvalue weighted by Crippen LogP contribution is -2.36. The number of ketones is 1. The number of morpholine rings is 1. The summed E-state index contributed by atoms with van der Waals surface area (Å²) in [5, 5.41) is 1.16. The van der Waals surface area contributed by atoms with Gasteiger partial charge < -0.3 is 15.4 Å². The van der Waals surface area contributed by atoms with Gasteiger partial charge in [0.25, 0.3) is 0 Å². The van der Waals surface area contributed by atoms with Crippen LogP contribution >= 0.6 is 11.3 Å². The first-order chi connectivity index (χ1) is 14.9. The fourth-order valence-electron chi connectivity index (χ4n) is 4.64. The number of anilines is 2. The number of hydrogen-bond donors (Lipinski definition) is 1. The zero-order valence-corrected chi connectivity index (χ0v) is 18.8. The zero-order chi connectivity index (χ0) is 21.6. The van der Waals surface area contributed by atoms with E-state index in [9.17, 15) is 4.79 Å². The van der Waals surface area contributed by atoms with Crippen molar-refractivity contribution in [2.45, 2.75) is 26.7 Å². The molecule has 1 saturated heterocycles. The number of fused-ring (bicyclic) bond motifs is 1. The van der Waals surface area contributed by atoms with E-state index >= 15 is 0 Å². The number of nitrogen functional groups attached to an aromatic ring is 1. The second kappa shape index (κ2) is 7.77. The highest BCUT2D eigenvalue weighted by Crippen LogP contribution is 2.50. The first-order valence-electron chi connectivity index (χ1n) is 10.8. The highest BCUT2D eigenvalue weighted by atomic mass is 32.1. The van der Waals surface area contributed by atoms with E-state index in [1.54, 1.807) is 11.3 Å². The van der Waals surface area contributed by atoms with Gasteiger partial charge in [-0.1, -0.05) is 44.2 Å². The topological polar surface area (TPSA) is 68.5 Å². The number of carbonyl (C=O) groups excluding carboxylic acids is 1. The smallest absolute Gasteiger partial charge is 0.173 e. The van der Waals surface area contributed by atoms with Crippen molar-refractivity contribution in [2.75, 3.05) is 36.9 Å². The average molecular weight is 434 g/mol. The normalized spacial score (nSPS) is 18.1. The number of nitrogens with zero attached hydrogens (tertiary/aromatic N) is 2. The molecule has 5 nitrogen and oxygen atoms in total. The summed E-state index contributed by atoms with van der Waals surface area (Å²) >= 11 is 1.64. The van der Waals surface area contributed by atoms with Gasteiger partial charge in [-0.25, -0.2) is 4.98 Å². The van der Waals surface area contributed by atoms with Gasteiger partial charge in [0.05, 0.1) is 28.8 Å². The number of Topliss-reactive ketones (excluding diaryl/α,β-unsaturated/α-hetero) is 1. The highest BCUT2D eigenvalue weighted by Gasteiger charge is 2.37. The molecule has 3 heterocycles. The minimum atomic E-state index is -0.0526. The Morgan fingerprint density at radius 1 is 1.06 bits per heavy atom. The van der Waals surface area contributed by atoms with E-state index in [0.29, 0.717) is 25.5 Å². The van der Waals surface area contributed by atoms with Crippen LogP contribution in [0.3, 0.4) is 0 Å². The van der Waals surface area contributed by atoms with Crippen LogP contribution in [-0.2, 0) is 11.2 Å². The van der Waals surface area contributed by atoms with Crippen molar-refractivity contribution < 1.29 is 9.53 Å². The van der Waals surface area contributed by atoms with Crippen molar-refractivity contribution in [3.8, 4) is 22.4 Å². The minimum absolute atomic E-state index is 0.0526. The Kier molecular flexibility index (Phi) is 5.07. The predicted octanol–water partition coefficient (Wildman–Crippen LogP) is 5.05. The summed E-state index contributed by atoms with van der Waals surface area (Å²) in [6.07, 6.45) is 1.48. The molecule has 2 aliphatic rings. The summed E-state index contributed by atoms with van der Waals surface area (Å²) in [5.74, 6) is 0.743. The van der Waals surface area contributed by atoms with Crippen LogP contribution in [-0.4, -0.2) is 37.1 Å². The number of benzene rings is 1. The maximum Gasteiger partial charge on any atom is 0.173 e. The predicted molar refractivity (Wildman–Crippen MR) is 127 cm³/mol. The van der Waals surface area contributed by atoms with Crippen LogP contribution in [0.25, 0.3) is 22.4 Å². The lowest BCUT2D eigenvalue weighted by Gasteiger charge is -2.30. The third kappa shape index (κ3) is 3.86. The van der Waals surface area contributed by atoms with E-state index in [1.807, 2.05) is 36.4 Å². The van der Waals surface area contributed by atoms with Gasteiger partial charge in [0.1, 0.15) is 5.82 Å². The zero-order valence-electron chi connectivity index (χ0n) is 18.0. The van der Waals surface area contributed by atoms with Crippen LogP contribution in [0.2, 0.25) is 0 Å². The van der Waals surface area contributed by atoms with Gasteiger partial charge in [0.2, 0.25) is 0 Å². The summed E-state index contributed by atoms with van der Waals surface area (Å²) in [5.41, 5.74) is 11.5. The molecule has 2 aromatic heterocycles. The van der Waals surface area contributed by atoms with Crippen molar-refractivity contribution in [1.82, 2.24) is 4.98 Å². The molecule has 0 spiro atoms. The fourth-order valence-corrected chi connectivity index (χ4v) is 5.97. The highest BCUT2D eigenvalue weighted by molar-refractivity contribution is 7.19. The molecule has 5 rings (SSSR count). The number of rotatable bonds is 3. The number of nitrogens with two attached hydrogens (primary N) is 1. The Labute approximate surface area is 186 Å². The summed E-state index contributed by atoms with van der Waals surface area (Å²) in [6.45, 7) is 7.43. The molecule has 3 aromatic rings. The molecule has 1 aliphatic carbocycles. The number of pyridine rings is 1. The Morgan fingerprint density at radius 2 is 1.81 bits per heavy atom. The quantitative estimate of drug-likeness (QED) is 0.626. The monoisotopic (exact) mass is 433 g/mol. The van der Waals surface area contributed by atoms with Gasteiger partial charge in [-0.3, -0.25) is 4.79 Å². The molecular formula is C25H27N3O2S. The molecule has 6 heteroatoms. The van der Waals surface area contributed by atoms with Crippen LogP contribution in [0.4, 0.5) is 10.8 Å². The number of aromatic nitrogens is 1. The maximum absolute atomic E-state index is 13.1. The summed E-state index contributed by atoms with van der Waals surface area (Å²) in [6, 6.07) is 14.2. The Balaban J connectivity index is 1.71. The van der Waals surface area contributed by atoms with E-state index in [0.717, 1.165) is 57.3 Å². The molecule has 1 aliphatic heterocycles. The minimum Gasteiger partial charge on any atom is -0.384 e. The molecule has 1 aromatic carbocycles. The summed E-state index contributed by atoms with van der Waals surface area (Å²) in [7, 11) is 0. The molecule has 0 unspecified atom stereocenters. The van der Waals surface area contributed by atoms with Gasteiger partial charge in [-0.05, 0) is 35.1 Å². The van der Waals surface area contributed by atoms with Crippen molar-refractivity contribution in [2.24, 2.45) is 5.41 Å². The van der Waals surface area contributed by atoms with Crippen molar-refractivity contribution >= 4 is 27.9 Å². The average Bonchev–Trinajstić information content (AvgIpc) is 3.13.